The van der Waals surface area contributed by atoms with Crippen LogP contribution in [0.4, 0.5) is 20.4 Å². The van der Waals surface area contributed by atoms with E-state index in [1.54, 1.807) is 31.3 Å². The van der Waals surface area contributed by atoms with Gasteiger partial charge in [0.05, 0.1) is 22.9 Å². The predicted octanol–water partition coefficient (Wildman–Crippen LogP) is 3.86. The van der Waals surface area contributed by atoms with Crippen LogP contribution in [0, 0.1) is 0 Å². The minimum Gasteiger partial charge on any atom is -0.491 e. The molecule has 0 fully saturated rings. The first-order chi connectivity index (χ1) is 17.7. The molecule has 5 rings (SSSR count). The number of alkyl halides is 2. The number of anilines is 2. The number of ether oxygens (including phenoxy) is 1. The topological polar surface area (TPSA) is 115 Å². The highest BCUT2D eigenvalue weighted by molar-refractivity contribution is 7.90. The smallest absolute Gasteiger partial charge is 0.278 e. The number of amides is 1. The molecule has 0 atom stereocenters. The van der Waals surface area contributed by atoms with Crippen molar-refractivity contribution < 1.29 is 26.7 Å². The van der Waals surface area contributed by atoms with Crippen LogP contribution in [0.2, 0.25) is 0 Å². The van der Waals surface area contributed by atoms with Crippen molar-refractivity contribution in [3.05, 3.63) is 71.0 Å². The standard InChI is InChI=1S/C25H23F2N5O4S/c1-28-24(33)18-6-7-19(21-17(18)8-9-36-21)30-25-29-12-15-11-20(22(26)27)32(23(15)31-25)13-14-4-3-5-16(10-14)37(2,34)35/h3-7,10-12,22H,8-9,13H2,1-2H3,(H,28,33)(H,29,30,31). The molecule has 2 aromatic heterocycles. The zero-order chi connectivity index (χ0) is 26.3. The number of fused-ring (bicyclic) bond motifs is 2. The van der Waals surface area contributed by atoms with E-state index >= 15 is 0 Å². The van der Waals surface area contributed by atoms with Gasteiger partial charge in [0.1, 0.15) is 11.4 Å². The predicted molar refractivity (Wildman–Crippen MR) is 133 cm³/mol. The van der Waals surface area contributed by atoms with E-state index in [-0.39, 0.29) is 34.6 Å². The number of hydrogen-bond donors (Lipinski definition) is 2. The van der Waals surface area contributed by atoms with E-state index in [9.17, 15) is 22.0 Å². The number of nitrogens with one attached hydrogen (secondary N) is 2. The SMILES string of the molecule is CNC(=O)c1ccc(Nc2ncc3cc(C(F)F)n(Cc4cccc(S(C)(=O)=O)c4)c3n2)c2c1CCO2. The molecule has 0 spiro atoms. The fourth-order valence-electron chi connectivity index (χ4n) is 4.39. The molecule has 12 heteroatoms. The second-order valence-electron chi connectivity index (χ2n) is 8.62. The summed E-state index contributed by atoms with van der Waals surface area (Å²) >= 11 is 0. The summed E-state index contributed by atoms with van der Waals surface area (Å²) in [6.07, 6.45) is 0.326. The van der Waals surface area contributed by atoms with Crippen LogP contribution in [0.3, 0.4) is 0 Å². The summed E-state index contributed by atoms with van der Waals surface area (Å²) in [7, 11) is -1.90. The largest absolute Gasteiger partial charge is 0.491 e. The third-order valence-corrected chi connectivity index (χ3v) is 7.24. The Balaban J connectivity index is 1.54. The van der Waals surface area contributed by atoms with E-state index in [1.807, 2.05) is 0 Å². The molecular formula is C25H23F2N5O4S. The van der Waals surface area contributed by atoms with Crippen molar-refractivity contribution in [3.63, 3.8) is 0 Å². The fraction of sp³-hybridized carbons (Fsp3) is 0.240. The zero-order valence-corrected chi connectivity index (χ0v) is 20.8. The van der Waals surface area contributed by atoms with Crippen LogP contribution in [0.25, 0.3) is 11.0 Å². The highest BCUT2D eigenvalue weighted by Gasteiger charge is 2.24. The van der Waals surface area contributed by atoms with Gasteiger partial charge in [0.15, 0.2) is 9.84 Å². The maximum atomic E-state index is 13.9. The van der Waals surface area contributed by atoms with E-state index in [4.69, 9.17) is 4.74 Å². The number of benzene rings is 2. The molecule has 0 bridgehead atoms. The number of sulfone groups is 1. The van der Waals surface area contributed by atoms with Gasteiger partial charge >= 0.3 is 0 Å². The highest BCUT2D eigenvalue weighted by atomic mass is 32.2. The number of aromatic nitrogens is 3. The molecule has 2 N–H and O–H groups in total. The first kappa shape index (κ1) is 24.6. The Kier molecular flexibility index (Phi) is 6.28. The molecule has 2 aromatic carbocycles. The average Bonchev–Trinajstić information content (AvgIpc) is 3.49. The second-order valence-corrected chi connectivity index (χ2v) is 10.6. The van der Waals surface area contributed by atoms with Gasteiger partial charge in [-0.05, 0) is 35.9 Å². The van der Waals surface area contributed by atoms with E-state index in [0.717, 1.165) is 11.8 Å². The van der Waals surface area contributed by atoms with Crippen LogP contribution in [-0.4, -0.2) is 48.8 Å². The van der Waals surface area contributed by atoms with Crippen LogP contribution in [-0.2, 0) is 22.8 Å². The lowest BCUT2D eigenvalue weighted by molar-refractivity contribution is 0.0962. The number of hydrogen-bond acceptors (Lipinski definition) is 7. The summed E-state index contributed by atoms with van der Waals surface area (Å²) in [5.41, 5.74) is 2.37. The normalized spacial score (nSPS) is 13.0. The molecule has 0 radical (unpaired) electrons. The molecule has 1 amide bonds. The molecule has 3 heterocycles. The van der Waals surface area contributed by atoms with Crippen molar-refractivity contribution in [2.24, 2.45) is 0 Å². The van der Waals surface area contributed by atoms with Crippen molar-refractivity contribution in [2.75, 3.05) is 25.2 Å². The molecule has 0 saturated heterocycles. The number of halogens is 2. The quantitative estimate of drug-likeness (QED) is 0.375. The van der Waals surface area contributed by atoms with Gasteiger partial charge < -0.3 is 19.9 Å². The highest BCUT2D eigenvalue weighted by Crippen LogP contribution is 2.37. The van der Waals surface area contributed by atoms with Crippen LogP contribution < -0.4 is 15.4 Å². The maximum absolute atomic E-state index is 13.9. The summed E-state index contributed by atoms with van der Waals surface area (Å²) in [6.45, 7) is 0.410. The van der Waals surface area contributed by atoms with Gasteiger partial charge in [0, 0.05) is 49.0 Å². The third-order valence-electron chi connectivity index (χ3n) is 6.13. The number of carbonyl (C=O) groups excluding carboxylic acids is 1. The van der Waals surface area contributed by atoms with Gasteiger partial charge in [-0.3, -0.25) is 4.79 Å². The second kappa shape index (κ2) is 9.43. The Morgan fingerprint density at radius 3 is 2.76 bits per heavy atom. The van der Waals surface area contributed by atoms with E-state index in [2.05, 4.69) is 20.6 Å². The van der Waals surface area contributed by atoms with Gasteiger partial charge in [-0.25, -0.2) is 22.2 Å². The fourth-order valence-corrected chi connectivity index (χ4v) is 5.08. The molecule has 1 aliphatic rings. The number of nitrogens with zero attached hydrogens (tertiary/aromatic N) is 3. The third kappa shape index (κ3) is 4.71. The Morgan fingerprint density at radius 1 is 1.22 bits per heavy atom. The molecule has 9 nitrogen and oxygen atoms in total. The average molecular weight is 528 g/mol. The van der Waals surface area contributed by atoms with Crippen molar-refractivity contribution in [3.8, 4) is 5.75 Å². The lowest BCUT2D eigenvalue weighted by Gasteiger charge is -2.13. The maximum Gasteiger partial charge on any atom is 0.278 e. The van der Waals surface area contributed by atoms with E-state index in [0.29, 0.717) is 41.0 Å². The lowest BCUT2D eigenvalue weighted by Crippen LogP contribution is -2.19. The van der Waals surface area contributed by atoms with Gasteiger partial charge in [-0.2, -0.15) is 4.98 Å². The first-order valence-corrected chi connectivity index (χ1v) is 13.3. The number of rotatable bonds is 7. The minimum absolute atomic E-state index is 0.0116. The zero-order valence-electron chi connectivity index (χ0n) is 20.0. The molecule has 192 valence electrons. The summed E-state index contributed by atoms with van der Waals surface area (Å²) in [4.78, 5) is 21.1. The molecule has 0 aliphatic carbocycles. The van der Waals surface area contributed by atoms with Crippen molar-refractivity contribution in [2.45, 2.75) is 24.3 Å². The lowest BCUT2D eigenvalue weighted by atomic mass is 10.0. The Morgan fingerprint density at radius 2 is 2.03 bits per heavy atom. The van der Waals surface area contributed by atoms with E-state index < -0.39 is 16.3 Å². The molecular weight excluding hydrogens is 504 g/mol. The minimum atomic E-state index is -3.46. The van der Waals surface area contributed by atoms with E-state index in [1.165, 1.54) is 29.0 Å². The molecule has 0 saturated carbocycles. The summed E-state index contributed by atoms with van der Waals surface area (Å²) in [5, 5.41) is 6.11. The van der Waals surface area contributed by atoms with Gasteiger partial charge in [0.25, 0.3) is 12.3 Å². The number of carbonyl (C=O) groups is 1. The Bertz CT molecular complexity index is 1640. The van der Waals surface area contributed by atoms with Crippen LogP contribution >= 0.6 is 0 Å². The Hall–Kier alpha value is -4.06. The van der Waals surface area contributed by atoms with Crippen molar-refractivity contribution in [1.29, 1.82) is 0 Å². The van der Waals surface area contributed by atoms with Gasteiger partial charge in [0.2, 0.25) is 5.95 Å². The molecule has 0 unspecified atom stereocenters. The molecule has 1 aliphatic heterocycles. The van der Waals surface area contributed by atoms with Crippen LogP contribution in [0.1, 0.15) is 33.6 Å². The van der Waals surface area contributed by atoms with Gasteiger partial charge in [-0.1, -0.05) is 12.1 Å². The van der Waals surface area contributed by atoms with Gasteiger partial charge in [-0.15, -0.1) is 0 Å². The van der Waals surface area contributed by atoms with Crippen molar-refractivity contribution in [1.82, 2.24) is 19.9 Å². The summed E-state index contributed by atoms with van der Waals surface area (Å²) < 4.78 is 58.9. The van der Waals surface area contributed by atoms with Crippen LogP contribution in [0.15, 0.2) is 53.6 Å². The summed E-state index contributed by atoms with van der Waals surface area (Å²) in [6, 6.07) is 10.9. The van der Waals surface area contributed by atoms with Crippen molar-refractivity contribution >= 4 is 38.4 Å². The monoisotopic (exact) mass is 527 g/mol. The Labute approximate surface area is 211 Å². The van der Waals surface area contributed by atoms with Crippen LogP contribution in [0.5, 0.6) is 5.75 Å². The summed E-state index contributed by atoms with van der Waals surface area (Å²) in [5.74, 6) is 0.456. The first-order valence-electron chi connectivity index (χ1n) is 11.4. The molecule has 4 aromatic rings. The molecule has 37 heavy (non-hydrogen) atoms.